The Bertz CT molecular complexity index is 336. The smallest absolute Gasteiger partial charge is 0.179 e. The maximum Gasteiger partial charge on any atom is 0.179 e. The summed E-state index contributed by atoms with van der Waals surface area (Å²) in [6.07, 6.45) is 0. The van der Waals surface area contributed by atoms with Crippen LogP contribution in [0.4, 0.5) is 0 Å². The molecule has 1 aromatic carbocycles. The molecule has 0 aliphatic rings. The third kappa shape index (κ3) is 2.43. The van der Waals surface area contributed by atoms with Gasteiger partial charge in [0.05, 0.1) is 14.0 Å². The van der Waals surface area contributed by atoms with Crippen LogP contribution in [0.3, 0.4) is 0 Å². The number of phenolic OH excluding ortho intramolecular Hbond substituents is 1. The number of alkyl halides is 1. The Morgan fingerprint density at radius 1 is 1.62 bits per heavy atom. The van der Waals surface area contributed by atoms with E-state index in [0.717, 1.165) is 0 Å². The van der Waals surface area contributed by atoms with Gasteiger partial charge < -0.3 is 5.11 Å². The Labute approximate surface area is 98.6 Å². The molecule has 0 heterocycles. The van der Waals surface area contributed by atoms with E-state index in [1.165, 1.54) is 0 Å². The number of ketones is 1. The topological polar surface area (TPSA) is 37.3 Å². The van der Waals surface area contributed by atoms with E-state index in [9.17, 15) is 9.90 Å². The van der Waals surface area contributed by atoms with Gasteiger partial charge in [-0.2, -0.15) is 0 Å². The molecule has 0 bridgehead atoms. The van der Waals surface area contributed by atoms with Gasteiger partial charge in [-0.25, -0.2) is 0 Å². The van der Waals surface area contributed by atoms with Crippen LogP contribution in [0, 0.1) is 3.57 Å². The molecule has 0 aromatic heterocycles. The van der Waals surface area contributed by atoms with Crippen molar-refractivity contribution < 1.29 is 9.90 Å². The number of hydrogen-bond donors (Lipinski definition) is 1. The molecule has 0 fully saturated rings. The molecule has 0 radical (unpaired) electrons. The zero-order valence-corrected chi connectivity index (χ0v) is 10.7. The van der Waals surface area contributed by atoms with Gasteiger partial charge in [0.25, 0.3) is 0 Å². The molecule has 1 aromatic rings. The zero-order chi connectivity index (χ0) is 10.0. The lowest BCUT2D eigenvalue weighted by Crippen LogP contribution is -2.10. The van der Waals surface area contributed by atoms with E-state index in [-0.39, 0.29) is 16.4 Å². The van der Waals surface area contributed by atoms with E-state index in [1.54, 1.807) is 25.1 Å². The van der Waals surface area contributed by atoms with Crippen LogP contribution in [0.25, 0.3) is 0 Å². The van der Waals surface area contributed by atoms with E-state index in [4.69, 9.17) is 0 Å². The molecule has 0 amide bonds. The highest BCUT2D eigenvalue weighted by Crippen LogP contribution is 2.25. The summed E-state index contributed by atoms with van der Waals surface area (Å²) < 4.78 is 0.691. The largest absolute Gasteiger partial charge is 0.506 e. The summed E-state index contributed by atoms with van der Waals surface area (Å²) in [4.78, 5) is 11.2. The van der Waals surface area contributed by atoms with Crippen molar-refractivity contribution >= 4 is 44.3 Å². The van der Waals surface area contributed by atoms with Gasteiger partial charge in [0.1, 0.15) is 5.75 Å². The first kappa shape index (κ1) is 11.0. The molecule has 0 spiro atoms. The van der Waals surface area contributed by atoms with Crippen LogP contribution in [0.1, 0.15) is 17.3 Å². The Kier molecular flexibility index (Phi) is 3.73. The fourth-order valence-corrected chi connectivity index (χ4v) is 1.67. The number of aromatic hydroxyl groups is 1. The third-order valence-corrected chi connectivity index (χ3v) is 2.90. The summed E-state index contributed by atoms with van der Waals surface area (Å²) >= 11 is 5.16. The van der Waals surface area contributed by atoms with Gasteiger partial charge in [0, 0.05) is 0 Å². The Morgan fingerprint density at radius 3 is 2.77 bits per heavy atom. The summed E-state index contributed by atoms with van der Waals surface area (Å²) in [7, 11) is 0. The first-order chi connectivity index (χ1) is 6.04. The van der Waals surface area contributed by atoms with Gasteiger partial charge in [-0.15, -0.1) is 0 Å². The van der Waals surface area contributed by atoms with Gasteiger partial charge in [0.2, 0.25) is 0 Å². The van der Waals surface area contributed by atoms with E-state index in [1.807, 2.05) is 22.6 Å². The standard InChI is InChI=1S/C9H8BrIO2/c1-5(10)8(12)6-3-2-4-7(11)9(6)13/h2-5,13H,1H3. The number of carbonyl (C=O) groups is 1. The van der Waals surface area contributed by atoms with Crippen molar-refractivity contribution in [2.75, 3.05) is 0 Å². The van der Waals surface area contributed by atoms with E-state index in [0.29, 0.717) is 9.13 Å². The molecule has 2 nitrogen and oxygen atoms in total. The molecular weight excluding hydrogens is 347 g/mol. The van der Waals surface area contributed by atoms with Crippen LogP contribution in [-0.4, -0.2) is 15.7 Å². The number of Topliss-reactive ketones (excluding diaryl/α,β-unsaturated/α-hetero) is 1. The van der Waals surface area contributed by atoms with Crippen LogP contribution in [0.15, 0.2) is 18.2 Å². The second-order valence-electron chi connectivity index (χ2n) is 2.62. The number of benzene rings is 1. The van der Waals surface area contributed by atoms with Crippen LogP contribution in [-0.2, 0) is 0 Å². The highest BCUT2D eigenvalue weighted by molar-refractivity contribution is 14.1. The van der Waals surface area contributed by atoms with Gasteiger partial charge in [-0.3, -0.25) is 4.79 Å². The molecule has 1 unspecified atom stereocenters. The third-order valence-electron chi connectivity index (χ3n) is 1.61. The van der Waals surface area contributed by atoms with E-state index < -0.39 is 0 Å². The quantitative estimate of drug-likeness (QED) is 0.503. The molecule has 70 valence electrons. The SMILES string of the molecule is CC(Br)C(=O)c1cccc(I)c1O. The summed E-state index contributed by atoms with van der Waals surface area (Å²) in [6.45, 7) is 1.74. The first-order valence-electron chi connectivity index (χ1n) is 3.69. The van der Waals surface area contributed by atoms with Gasteiger partial charge in [-0.1, -0.05) is 22.0 Å². The predicted octanol–water partition coefficient (Wildman–Crippen LogP) is 2.96. The Hall–Kier alpha value is -0.100. The average molecular weight is 355 g/mol. The fraction of sp³-hybridized carbons (Fsp3) is 0.222. The minimum Gasteiger partial charge on any atom is -0.506 e. The summed E-state index contributed by atoms with van der Waals surface area (Å²) in [5, 5.41) is 9.57. The van der Waals surface area contributed by atoms with E-state index in [2.05, 4.69) is 15.9 Å². The van der Waals surface area contributed by atoms with Crippen LogP contribution in [0.2, 0.25) is 0 Å². The number of halogens is 2. The number of phenols is 1. The minimum absolute atomic E-state index is 0.0689. The molecule has 4 heteroatoms. The second-order valence-corrected chi connectivity index (χ2v) is 5.15. The Balaban J connectivity index is 3.15. The number of carbonyl (C=O) groups excluding carboxylic acids is 1. The van der Waals surface area contributed by atoms with E-state index >= 15 is 0 Å². The van der Waals surface area contributed by atoms with Crippen molar-refractivity contribution in [3.8, 4) is 5.75 Å². The highest BCUT2D eigenvalue weighted by atomic mass is 127. The molecule has 0 saturated heterocycles. The second kappa shape index (κ2) is 4.41. The summed E-state index contributed by atoms with van der Waals surface area (Å²) in [5.74, 6) is -0.0320. The minimum atomic E-state index is -0.267. The van der Waals surface area contributed by atoms with Gasteiger partial charge in [0.15, 0.2) is 5.78 Å². The molecule has 1 rings (SSSR count). The van der Waals surface area contributed by atoms with Crippen LogP contribution < -0.4 is 0 Å². The monoisotopic (exact) mass is 354 g/mol. The molecule has 0 aliphatic heterocycles. The molecule has 0 aliphatic carbocycles. The fourth-order valence-electron chi connectivity index (χ4n) is 0.928. The Morgan fingerprint density at radius 2 is 2.23 bits per heavy atom. The maximum atomic E-state index is 11.5. The average Bonchev–Trinajstić information content (AvgIpc) is 2.08. The highest BCUT2D eigenvalue weighted by Gasteiger charge is 2.16. The lowest BCUT2D eigenvalue weighted by atomic mass is 10.1. The van der Waals surface area contributed by atoms with Gasteiger partial charge in [-0.05, 0) is 41.6 Å². The summed E-state index contributed by atoms with van der Waals surface area (Å²) in [5.41, 5.74) is 0.372. The molecule has 0 saturated carbocycles. The van der Waals surface area contributed by atoms with Crippen molar-refractivity contribution in [2.45, 2.75) is 11.8 Å². The molecular formula is C9H8BrIO2. The lowest BCUT2D eigenvalue weighted by Gasteiger charge is -2.06. The first-order valence-corrected chi connectivity index (χ1v) is 5.69. The number of hydrogen-bond acceptors (Lipinski definition) is 2. The van der Waals surface area contributed by atoms with Crippen molar-refractivity contribution in [2.24, 2.45) is 0 Å². The predicted molar refractivity (Wildman–Crippen MR) is 63.5 cm³/mol. The normalized spacial score (nSPS) is 12.5. The molecule has 1 atom stereocenters. The van der Waals surface area contributed by atoms with Gasteiger partial charge >= 0.3 is 0 Å². The number of para-hydroxylation sites is 1. The lowest BCUT2D eigenvalue weighted by molar-refractivity contribution is 0.0993. The maximum absolute atomic E-state index is 11.5. The van der Waals surface area contributed by atoms with Crippen molar-refractivity contribution in [3.63, 3.8) is 0 Å². The zero-order valence-electron chi connectivity index (χ0n) is 6.92. The van der Waals surface area contributed by atoms with Crippen LogP contribution >= 0.6 is 38.5 Å². The molecule has 13 heavy (non-hydrogen) atoms. The number of rotatable bonds is 2. The summed E-state index contributed by atoms with van der Waals surface area (Å²) in [6, 6.07) is 5.13. The van der Waals surface area contributed by atoms with Crippen molar-refractivity contribution in [1.29, 1.82) is 0 Å². The van der Waals surface area contributed by atoms with Crippen molar-refractivity contribution in [1.82, 2.24) is 0 Å². The van der Waals surface area contributed by atoms with Crippen molar-refractivity contribution in [3.05, 3.63) is 27.3 Å². The molecule has 1 N–H and O–H groups in total. The van der Waals surface area contributed by atoms with Crippen LogP contribution in [0.5, 0.6) is 5.75 Å².